The number of pyridine rings is 1. The Hall–Kier alpha value is -2.33. The summed E-state index contributed by atoms with van der Waals surface area (Å²) in [5.74, 6) is 0.612. The summed E-state index contributed by atoms with van der Waals surface area (Å²) in [4.78, 5) is 8.85. The number of ether oxygens (including phenoxy) is 1. The molecule has 0 aliphatic rings. The molecule has 0 aliphatic carbocycles. The quantitative estimate of drug-likeness (QED) is 0.350. The summed E-state index contributed by atoms with van der Waals surface area (Å²) in [5.41, 5.74) is -1.89. The maximum absolute atomic E-state index is 12.5. The van der Waals surface area contributed by atoms with E-state index >= 15 is 0 Å². The molecular formula is C18H23F3N4O2S. The van der Waals surface area contributed by atoms with Gasteiger partial charge in [0.25, 0.3) is 0 Å². The number of nitrogens with zero attached hydrogens (tertiary/aromatic N) is 2. The van der Waals surface area contributed by atoms with Gasteiger partial charge in [-0.1, -0.05) is 6.07 Å². The Balaban J connectivity index is 1.83. The molecule has 0 spiro atoms. The van der Waals surface area contributed by atoms with E-state index in [0.717, 1.165) is 17.1 Å². The molecular weight excluding hydrogens is 393 g/mol. The topological polar surface area (TPSA) is 78.8 Å². The van der Waals surface area contributed by atoms with Gasteiger partial charge in [0.1, 0.15) is 12.2 Å². The molecule has 10 heteroatoms. The van der Waals surface area contributed by atoms with E-state index in [2.05, 4.69) is 20.6 Å². The van der Waals surface area contributed by atoms with E-state index < -0.39 is 17.3 Å². The number of thiophene rings is 1. The van der Waals surface area contributed by atoms with Gasteiger partial charge in [-0.15, -0.1) is 11.3 Å². The van der Waals surface area contributed by atoms with Crippen LogP contribution in [0.5, 0.6) is 5.88 Å². The number of aliphatic hydroxyl groups is 1. The SMILES string of the molecule is CCNC(=NCC(C)(O)c1cccs1)NCCOc1ccc(C(F)(F)F)cn1. The summed E-state index contributed by atoms with van der Waals surface area (Å²) in [6, 6.07) is 5.83. The number of rotatable bonds is 8. The molecule has 0 radical (unpaired) electrons. The first-order chi connectivity index (χ1) is 13.2. The van der Waals surface area contributed by atoms with Crippen LogP contribution in [0.3, 0.4) is 0 Å². The van der Waals surface area contributed by atoms with Gasteiger partial charge in [0, 0.05) is 23.7 Å². The molecule has 154 valence electrons. The lowest BCUT2D eigenvalue weighted by atomic mass is 10.1. The molecule has 0 amide bonds. The van der Waals surface area contributed by atoms with Gasteiger partial charge in [-0.2, -0.15) is 13.2 Å². The van der Waals surface area contributed by atoms with Crippen LogP contribution in [0.1, 0.15) is 24.3 Å². The molecule has 28 heavy (non-hydrogen) atoms. The second kappa shape index (κ2) is 9.74. The van der Waals surface area contributed by atoms with E-state index in [9.17, 15) is 18.3 Å². The molecule has 1 unspecified atom stereocenters. The average molecular weight is 416 g/mol. The van der Waals surface area contributed by atoms with Crippen LogP contribution in [0.2, 0.25) is 0 Å². The second-order valence-electron chi connectivity index (χ2n) is 6.10. The zero-order valence-corrected chi connectivity index (χ0v) is 16.4. The lowest BCUT2D eigenvalue weighted by molar-refractivity contribution is -0.137. The summed E-state index contributed by atoms with van der Waals surface area (Å²) < 4.78 is 42.9. The molecule has 3 N–H and O–H groups in total. The molecule has 0 bridgehead atoms. The van der Waals surface area contributed by atoms with Crippen molar-refractivity contribution in [3.05, 3.63) is 46.3 Å². The molecule has 1 atom stereocenters. The summed E-state index contributed by atoms with van der Waals surface area (Å²) in [7, 11) is 0. The van der Waals surface area contributed by atoms with Gasteiger partial charge in [0.15, 0.2) is 5.96 Å². The van der Waals surface area contributed by atoms with Crippen LogP contribution in [0.15, 0.2) is 40.8 Å². The van der Waals surface area contributed by atoms with Crippen LogP contribution in [-0.2, 0) is 11.8 Å². The standard InChI is InChI=1S/C18H23F3N4O2S/c1-3-22-16(25-12-17(2,26)14-5-4-10-28-14)23-8-9-27-15-7-6-13(11-24-15)18(19,20)21/h4-7,10-11,26H,3,8-9,12H2,1-2H3,(H2,22,23,25). The van der Waals surface area contributed by atoms with Gasteiger partial charge in [-0.3, -0.25) is 0 Å². The van der Waals surface area contributed by atoms with Crippen LogP contribution < -0.4 is 15.4 Å². The fourth-order valence-corrected chi connectivity index (χ4v) is 2.98. The molecule has 2 aromatic rings. The van der Waals surface area contributed by atoms with Gasteiger partial charge in [-0.05, 0) is 31.4 Å². The Morgan fingerprint density at radius 3 is 2.64 bits per heavy atom. The zero-order valence-electron chi connectivity index (χ0n) is 15.6. The first kappa shape index (κ1) is 22.0. The highest BCUT2D eigenvalue weighted by Gasteiger charge is 2.30. The van der Waals surface area contributed by atoms with Crippen LogP contribution in [-0.4, -0.2) is 42.3 Å². The van der Waals surface area contributed by atoms with Crippen LogP contribution in [0, 0.1) is 0 Å². The van der Waals surface area contributed by atoms with Crippen molar-refractivity contribution < 1.29 is 23.0 Å². The van der Waals surface area contributed by atoms with E-state index in [1.165, 1.54) is 17.4 Å². The van der Waals surface area contributed by atoms with Crippen molar-refractivity contribution in [3.8, 4) is 5.88 Å². The maximum Gasteiger partial charge on any atom is 0.417 e. The smallest absolute Gasteiger partial charge is 0.417 e. The van der Waals surface area contributed by atoms with E-state index in [1.54, 1.807) is 6.92 Å². The van der Waals surface area contributed by atoms with Crippen molar-refractivity contribution in [2.75, 3.05) is 26.2 Å². The van der Waals surface area contributed by atoms with Crippen molar-refractivity contribution in [1.29, 1.82) is 0 Å². The highest BCUT2D eigenvalue weighted by molar-refractivity contribution is 7.10. The minimum Gasteiger partial charge on any atom is -0.476 e. The van der Waals surface area contributed by atoms with Gasteiger partial charge in [0.05, 0.1) is 18.7 Å². The van der Waals surface area contributed by atoms with E-state index in [-0.39, 0.29) is 19.0 Å². The molecule has 0 aliphatic heterocycles. The fourth-order valence-electron chi connectivity index (χ4n) is 2.20. The molecule has 2 rings (SSSR count). The Kier molecular flexibility index (Phi) is 7.64. The Bertz CT molecular complexity index is 747. The Morgan fingerprint density at radius 2 is 2.07 bits per heavy atom. The number of nitrogens with one attached hydrogen (secondary N) is 2. The predicted molar refractivity (Wildman–Crippen MR) is 103 cm³/mol. The van der Waals surface area contributed by atoms with Crippen molar-refractivity contribution in [1.82, 2.24) is 15.6 Å². The van der Waals surface area contributed by atoms with Gasteiger partial charge >= 0.3 is 6.18 Å². The average Bonchev–Trinajstić information content (AvgIpc) is 3.18. The Morgan fingerprint density at radius 1 is 1.29 bits per heavy atom. The van der Waals surface area contributed by atoms with Crippen LogP contribution >= 0.6 is 11.3 Å². The highest BCUT2D eigenvalue weighted by atomic mass is 32.1. The summed E-state index contributed by atoms with van der Waals surface area (Å²) in [5, 5.41) is 18.5. The number of alkyl halides is 3. The zero-order chi connectivity index (χ0) is 20.6. The van der Waals surface area contributed by atoms with E-state index in [1.807, 2.05) is 24.4 Å². The number of aliphatic imine (C=N–C) groups is 1. The molecule has 2 heterocycles. The minimum absolute atomic E-state index is 0.109. The third-order valence-corrected chi connectivity index (χ3v) is 4.77. The number of halogens is 3. The van der Waals surface area contributed by atoms with Crippen LogP contribution in [0.25, 0.3) is 0 Å². The van der Waals surface area contributed by atoms with Gasteiger partial charge in [-0.25, -0.2) is 9.98 Å². The van der Waals surface area contributed by atoms with Crippen molar-refractivity contribution in [2.24, 2.45) is 4.99 Å². The molecule has 0 aromatic carbocycles. The monoisotopic (exact) mass is 416 g/mol. The van der Waals surface area contributed by atoms with Crippen molar-refractivity contribution in [3.63, 3.8) is 0 Å². The third-order valence-electron chi connectivity index (χ3n) is 3.65. The first-order valence-electron chi connectivity index (χ1n) is 8.67. The highest BCUT2D eigenvalue weighted by Crippen LogP contribution is 2.29. The number of guanidine groups is 1. The molecule has 2 aromatic heterocycles. The normalized spacial score (nSPS) is 14.4. The van der Waals surface area contributed by atoms with Crippen LogP contribution in [0.4, 0.5) is 13.2 Å². The second-order valence-corrected chi connectivity index (χ2v) is 7.05. The summed E-state index contributed by atoms with van der Waals surface area (Å²) >= 11 is 1.46. The third kappa shape index (κ3) is 6.68. The van der Waals surface area contributed by atoms with Crippen molar-refractivity contribution >= 4 is 17.3 Å². The van der Waals surface area contributed by atoms with Gasteiger partial charge in [0.2, 0.25) is 5.88 Å². The lowest BCUT2D eigenvalue weighted by Crippen LogP contribution is -2.40. The lowest BCUT2D eigenvalue weighted by Gasteiger charge is -2.20. The number of hydrogen-bond donors (Lipinski definition) is 3. The molecule has 0 saturated carbocycles. The first-order valence-corrected chi connectivity index (χ1v) is 9.55. The largest absolute Gasteiger partial charge is 0.476 e. The summed E-state index contributed by atoms with van der Waals surface area (Å²) in [6.07, 6.45) is -3.68. The number of hydrogen-bond acceptors (Lipinski definition) is 5. The number of aromatic nitrogens is 1. The molecule has 0 saturated heterocycles. The Labute approximate surface area is 165 Å². The molecule has 0 fully saturated rings. The van der Waals surface area contributed by atoms with E-state index in [4.69, 9.17) is 4.74 Å². The van der Waals surface area contributed by atoms with E-state index in [0.29, 0.717) is 19.0 Å². The summed E-state index contributed by atoms with van der Waals surface area (Å²) in [6.45, 7) is 4.96. The minimum atomic E-state index is -4.42. The molecule has 6 nitrogen and oxygen atoms in total. The fraction of sp³-hybridized carbons (Fsp3) is 0.444. The maximum atomic E-state index is 12.5. The van der Waals surface area contributed by atoms with Gasteiger partial charge < -0.3 is 20.5 Å². The predicted octanol–water partition coefficient (Wildman–Crippen LogP) is 3.00. The van der Waals surface area contributed by atoms with Crippen molar-refractivity contribution in [2.45, 2.75) is 25.6 Å².